The van der Waals surface area contributed by atoms with Crippen LogP contribution >= 0.6 is 0 Å². The van der Waals surface area contributed by atoms with Crippen molar-refractivity contribution in [3.8, 4) is 0 Å². The Morgan fingerprint density at radius 2 is 2.12 bits per heavy atom. The second-order valence-corrected chi connectivity index (χ2v) is 2.40. The summed E-state index contributed by atoms with van der Waals surface area (Å²) in [5, 5.41) is 0. The van der Waals surface area contributed by atoms with Gasteiger partial charge in [-0.2, -0.15) is 0 Å². The van der Waals surface area contributed by atoms with E-state index in [1.807, 2.05) is 13.0 Å². The molecule has 0 aliphatic heterocycles. The van der Waals surface area contributed by atoms with Crippen LogP contribution in [-0.4, -0.2) is 4.40 Å². The van der Waals surface area contributed by atoms with Crippen molar-refractivity contribution < 1.29 is 19.4 Å². The quantitative estimate of drug-likeness (QED) is 0.676. The number of rotatable bonds is 2. The second kappa shape index (κ2) is 5.18. The van der Waals surface area contributed by atoms with Gasteiger partial charge in [0.2, 0.25) is 0 Å². The Morgan fingerprint density at radius 1 is 1.50 bits per heavy atom. The molecule has 0 N–H and O–H groups in total. The molecule has 0 heterocycles. The standard InChI is InChI=1S/C7H10.W/c1-4-5-6-7(2)3;/h2,4-6H,1,3H3;/b5-4?,7-6+;. The summed E-state index contributed by atoms with van der Waals surface area (Å²) in [5.41, 5.74) is 1.35. The van der Waals surface area contributed by atoms with Crippen LogP contribution in [0.5, 0.6) is 0 Å². The van der Waals surface area contributed by atoms with Gasteiger partial charge in [-0.25, -0.2) is 0 Å². The van der Waals surface area contributed by atoms with Crippen molar-refractivity contribution in [3.63, 3.8) is 0 Å². The number of hydrogen-bond acceptors (Lipinski definition) is 0. The zero-order chi connectivity index (χ0) is 6.41. The molecule has 44 valence electrons. The minimum atomic E-state index is 1.35. The van der Waals surface area contributed by atoms with E-state index in [4.69, 9.17) is 0 Å². The Morgan fingerprint density at radius 3 is 2.50 bits per heavy atom. The predicted molar refractivity (Wildman–Crippen MR) is 34.6 cm³/mol. The van der Waals surface area contributed by atoms with Gasteiger partial charge in [0, 0.05) is 0 Å². The Labute approximate surface area is 61.7 Å². The van der Waals surface area contributed by atoms with Crippen LogP contribution in [-0.2, 0) is 19.4 Å². The van der Waals surface area contributed by atoms with Crippen LogP contribution in [0.25, 0.3) is 0 Å². The molecule has 1 heteroatoms. The summed E-state index contributed by atoms with van der Waals surface area (Å²) in [6.45, 7) is 4.12. The van der Waals surface area contributed by atoms with Crippen molar-refractivity contribution in [3.05, 3.63) is 23.8 Å². The van der Waals surface area contributed by atoms with E-state index in [1.54, 1.807) is 0 Å². The maximum atomic E-state index is 2.17. The van der Waals surface area contributed by atoms with Gasteiger partial charge in [0.1, 0.15) is 0 Å². The van der Waals surface area contributed by atoms with Crippen molar-refractivity contribution in [2.24, 2.45) is 0 Å². The molecule has 0 fully saturated rings. The first-order valence-electron chi connectivity index (χ1n) is 2.56. The molecule has 8 heavy (non-hydrogen) atoms. The fraction of sp³-hybridized carbons (Fsp3) is 0.286. The third kappa shape index (κ3) is 4.20. The normalized spacial score (nSPS) is 12.5. The van der Waals surface area contributed by atoms with Gasteiger partial charge >= 0.3 is 61.4 Å². The molecule has 0 rings (SSSR count). The molecular formula is C7H10W. The van der Waals surface area contributed by atoms with E-state index >= 15 is 0 Å². The van der Waals surface area contributed by atoms with Crippen molar-refractivity contribution in [2.75, 3.05) is 0 Å². The van der Waals surface area contributed by atoms with E-state index in [2.05, 4.69) is 23.5 Å². The molecule has 0 bridgehead atoms. The molecule has 0 nitrogen and oxygen atoms in total. The van der Waals surface area contributed by atoms with Crippen LogP contribution in [0.15, 0.2) is 23.8 Å². The van der Waals surface area contributed by atoms with Gasteiger partial charge in [0.25, 0.3) is 0 Å². The Kier molecular flexibility index (Phi) is 5.21. The van der Waals surface area contributed by atoms with E-state index in [0.717, 1.165) is 0 Å². The van der Waals surface area contributed by atoms with Crippen LogP contribution in [0.4, 0.5) is 0 Å². The third-order valence-electron chi connectivity index (χ3n) is 0.737. The minimum absolute atomic E-state index is 1.35. The summed E-state index contributed by atoms with van der Waals surface area (Å²) < 4.78 is 2.17. The molecule has 0 aliphatic rings. The molecule has 0 saturated heterocycles. The zero-order valence-corrected chi connectivity index (χ0v) is 8.15. The predicted octanol–water partition coefficient (Wildman–Crippen LogP) is 1.86. The van der Waals surface area contributed by atoms with Crippen molar-refractivity contribution in [2.45, 2.75) is 13.8 Å². The average Bonchev–Trinajstić information content (AvgIpc) is 1.83. The monoisotopic (exact) mass is 278 g/mol. The van der Waals surface area contributed by atoms with Crippen LogP contribution in [0.3, 0.4) is 0 Å². The molecule has 0 aromatic carbocycles. The summed E-state index contributed by atoms with van der Waals surface area (Å²) in [6.07, 6.45) is 6.18. The number of hydrogen-bond donors (Lipinski definition) is 0. The summed E-state index contributed by atoms with van der Waals surface area (Å²) in [4.78, 5) is 0. The first kappa shape index (κ1) is 8.04. The average molecular weight is 278 g/mol. The van der Waals surface area contributed by atoms with Crippen LogP contribution in [0.2, 0.25) is 0 Å². The van der Waals surface area contributed by atoms with Crippen LogP contribution in [0, 0.1) is 0 Å². The van der Waals surface area contributed by atoms with E-state index in [9.17, 15) is 0 Å². The Hall–Kier alpha value is 0.0383. The van der Waals surface area contributed by atoms with Crippen molar-refractivity contribution in [1.29, 1.82) is 0 Å². The first-order chi connectivity index (χ1) is 3.81. The van der Waals surface area contributed by atoms with Crippen molar-refractivity contribution >= 4 is 4.40 Å². The van der Waals surface area contributed by atoms with E-state index in [1.165, 1.54) is 24.9 Å². The van der Waals surface area contributed by atoms with Gasteiger partial charge < -0.3 is 0 Å². The third-order valence-corrected chi connectivity index (χ3v) is 2.07. The molecule has 0 radical (unpaired) electrons. The fourth-order valence-electron chi connectivity index (χ4n) is 0.287. The van der Waals surface area contributed by atoms with Crippen molar-refractivity contribution in [1.82, 2.24) is 0 Å². The van der Waals surface area contributed by atoms with E-state index in [0.29, 0.717) is 0 Å². The van der Waals surface area contributed by atoms with Gasteiger partial charge in [-0.05, 0) is 0 Å². The molecule has 0 saturated carbocycles. The summed E-state index contributed by atoms with van der Waals surface area (Å²) >= 11 is 1.51. The molecule has 0 aliphatic carbocycles. The molecule has 0 unspecified atom stereocenters. The molecule has 0 aromatic rings. The fourth-order valence-corrected chi connectivity index (χ4v) is 0.570. The Bertz CT molecular complexity index is 120. The van der Waals surface area contributed by atoms with Crippen LogP contribution in [0.1, 0.15) is 13.8 Å². The number of allylic oxidation sites excluding steroid dienone is 4. The Balaban J connectivity index is 3.74. The van der Waals surface area contributed by atoms with Gasteiger partial charge in [-0.15, -0.1) is 0 Å². The molecule has 0 spiro atoms. The van der Waals surface area contributed by atoms with E-state index in [-0.39, 0.29) is 0 Å². The van der Waals surface area contributed by atoms with E-state index < -0.39 is 0 Å². The summed E-state index contributed by atoms with van der Waals surface area (Å²) in [5.74, 6) is 0. The topological polar surface area (TPSA) is 0 Å². The molecular weight excluding hydrogens is 268 g/mol. The summed E-state index contributed by atoms with van der Waals surface area (Å²) in [7, 11) is 0. The summed E-state index contributed by atoms with van der Waals surface area (Å²) in [6, 6.07) is 0. The first-order valence-corrected chi connectivity index (χ1v) is 4.25. The SMILES string of the molecule is CC=C/C=C(/C)[CH]=[W]. The molecule has 0 amide bonds. The molecule has 0 atom stereocenters. The van der Waals surface area contributed by atoms with Gasteiger partial charge in [-0.1, -0.05) is 0 Å². The maximum absolute atomic E-state index is 2.17. The van der Waals surface area contributed by atoms with Crippen LogP contribution < -0.4 is 0 Å². The second-order valence-electron chi connectivity index (χ2n) is 1.55. The van der Waals surface area contributed by atoms with Gasteiger partial charge in [0.05, 0.1) is 0 Å². The zero-order valence-electron chi connectivity index (χ0n) is 5.22. The van der Waals surface area contributed by atoms with Gasteiger partial charge in [-0.3, -0.25) is 0 Å². The van der Waals surface area contributed by atoms with Gasteiger partial charge in [0.15, 0.2) is 0 Å². The molecule has 0 aromatic heterocycles.